The van der Waals surface area contributed by atoms with Gasteiger partial charge in [-0.05, 0) is 31.2 Å². The Morgan fingerprint density at radius 2 is 2.23 bits per heavy atom. The van der Waals surface area contributed by atoms with Crippen molar-refractivity contribution < 1.29 is 9.21 Å². The molecule has 0 unspecified atom stereocenters. The molecular formula is C18H31N5O2S. The van der Waals surface area contributed by atoms with Gasteiger partial charge in [-0.15, -0.1) is 0 Å². The van der Waals surface area contributed by atoms with Crippen molar-refractivity contribution >= 4 is 23.6 Å². The number of guanidine groups is 1. The van der Waals surface area contributed by atoms with Gasteiger partial charge in [-0.2, -0.15) is 11.8 Å². The summed E-state index contributed by atoms with van der Waals surface area (Å²) in [6.45, 7) is 3.92. The van der Waals surface area contributed by atoms with Crippen LogP contribution in [0.2, 0.25) is 0 Å². The van der Waals surface area contributed by atoms with E-state index >= 15 is 0 Å². The van der Waals surface area contributed by atoms with Crippen LogP contribution in [0.1, 0.15) is 18.6 Å². The van der Waals surface area contributed by atoms with E-state index in [-0.39, 0.29) is 5.91 Å². The molecule has 0 aromatic carbocycles. The van der Waals surface area contributed by atoms with Crippen LogP contribution in [0.25, 0.3) is 0 Å². The Morgan fingerprint density at radius 1 is 1.42 bits per heavy atom. The molecule has 0 aliphatic carbocycles. The maximum absolute atomic E-state index is 11.5. The van der Waals surface area contributed by atoms with Crippen LogP contribution in [0.3, 0.4) is 0 Å². The van der Waals surface area contributed by atoms with E-state index in [2.05, 4.69) is 32.1 Å². The molecular weight excluding hydrogens is 350 g/mol. The van der Waals surface area contributed by atoms with Crippen molar-refractivity contribution in [3.63, 3.8) is 0 Å². The van der Waals surface area contributed by atoms with Gasteiger partial charge >= 0.3 is 0 Å². The third-order valence-electron chi connectivity index (χ3n) is 4.38. The number of aliphatic imine (C=N–C) groups is 1. The van der Waals surface area contributed by atoms with Gasteiger partial charge in [-0.1, -0.05) is 0 Å². The minimum absolute atomic E-state index is 0.0790. The smallest absolute Gasteiger partial charge is 0.233 e. The first-order valence-electron chi connectivity index (χ1n) is 9.20. The fourth-order valence-electron chi connectivity index (χ4n) is 2.87. The Morgan fingerprint density at radius 3 is 2.88 bits per heavy atom. The van der Waals surface area contributed by atoms with Crippen LogP contribution < -0.4 is 16.0 Å². The predicted octanol–water partition coefficient (Wildman–Crippen LogP) is 0.931. The van der Waals surface area contributed by atoms with E-state index in [0.29, 0.717) is 12.6 Å². The van der Waals surface area contributed by atoms with Gasteiger partial charge in [0.25, 0.3) is 0 Å². The number of nitrogens with zero attached hydrogens (tertiary/aromatic N) is 2. The Kier molecular flexibility index (Phi) is 9.41. The minimum Gasteiger partial charge on any atom is -0.469 e. The van der Waals surface area contributed by atoms with Crippen LogP contribution in [0.4, 0.5) is 0 Å². The van der Waals surface area contributed by atoms with Crippen molar-refractivity contribution in [1.82, 2.24) is 20.9 Å². The number of thioether (sulfide) groups is 1. The molecule has 1 aliphatic heterocycles. The first kappa shape index (κ1) is 20.6. The normalized spacial score (nSPS) is 16.5. The number of nitrogens with one attached hydrogen (secondary N) is 3. The molecule has 0 atom stereocenters. The summed E-state index contributed by atoms with van der Waals surface area (Å²) in [4.78, 5) is 18.4. The molecule has 0 saturated carbocycles. The van der Waals surface area contributed by atoms with E-state index in [9.17, 15) is 4.79 Å². The van der Waals surface area contributed by atoms with Crippen LogP contribution in [0, 0.1) is 0 Å². The van der Waals surface area contributed by atoms with Gasteiger partial charge in [-0.25, -0.2) is 0 Å². The fourth-order valence-corrected chi connectivity index (χ4v) is 3.15. The summed E-state index contributed by atoms with van der Waals surface area (Å²) in [5, 5.41) is 9.65. The number of furan rings is 1. The second kappa shape index (κ2) is 11.9. The summed E-state index contributed by atoms with van der Waals surface area (Å²) in [7, 11) is 1.68. The molecule has 2 heterocycles. The zero-order chi connectivity index (χ0) is 18.6. The van der Waals surface area contributed by atoms with Crippen LogP contribution in [-0.4, -0.2) is 74.6 Å². The summed E-state index contributed by atoms with van der Waals surface area (Å²) < 4.78 is 5.37. The highest BCUT2D eigenvalue weighted by Crippen LogP contribution is 2.10. The molecule has 0 bridgehead atoms. The number of hydrogen-bond donors (Lipinski definition) is 3. The van der Waals surface area contributed by atoms with Crippen molar-refractivity contribution in [2.24, 2.45) is 4.99 Å². The number of hydrogen-bond acceptors (Lipinski definition) is 5. The summed E-state index contributed by atoms with van der Waals surface area (Å²) in [5.41, 5.74) is 0. The molecule has 2 rings (SSSR count). The highest BCUT2D eigenvalue weighted by Gasteiger charge is 2.21. The standard InChI is InChI=1S/C18H31N5O2S/c1-19-17(24)14-23-10-6-15(7-11-23)22-18(21-9-13-26-2)20-8-5-16-4-3-12-25-16/h3-4,12,15H,5-11,13-14H2,1-2H3,(H,19,24)(H2,20,21,22). The van der Waals surface area contributed by atoms with Gasteiger partial charge in [0.15, 0.2) is 5.96 Å². The quantitative estimate of drug-likeness (QED) is 0.335. The second-order valence-corrected chi connectivity index (χ2v) is 7.33. The number of rotatable bonds is 9. The molecule has 146 valence electrons. The number of likely N-dealkylation sites (tertiary alicyclic amines) is 1. The van der Waals surface area contributed by atoms with E-state index in [1.807, 2.05) is 12.1 Å². The molecule has 3 N–H and O–H groups in total. The summed E-state index contributed by atoms with van der Waals surface area (Å²) in [6.07, 6.45) is 6.65. The molecule has 0 radical (unpaired) electrons. The number of carbonyl (C=O) groups is 1. The van der Waals surface area contributed by atoms with Crippen molar-refractivity contribution in [2.75, 3.05) is 51.8 Å². The first-order valence-corrected chi connectivity index (χ1v) is 10.6. The molecule has 1 aromatic heterocycles. The van der Waals surface area contributed by atoms with Gasteiger partial charge in [0.1, 0.15) is 5.76 Å². The largest absolute Gasteiger partial charge is 0.469 e. The van der Waals surface area contributed by atoms with E-state index in [1.165, 1.54) is 0 Å². The van der Waals surface area contributed by atoms with Crippen LogP contribution in [0.15, 0.2) is 27.8 Å². The highest BCUT2D eigenvalue weighted by atomic mass is 32.2. The lowest BCUT2D eigenvalue weighted by Gasteiger charge is -2.32. The molecule has 1 saturated heterocycles. The average molecular weight is 382 g/mol. The van der Waals surface area contributed by atoms with E-state index in [4.69, 9.17) is 4.42 Å². The molecule has 0 spiro atoms. The summed E-state index contributed by atoms with van der Waals surface area (Å²) in [5.74, 6) is 2.93. The molecule has 26 heavy (non-hydrogen) atoms. The lowest BCUT2D eigenvalue weighted by Crippen LogP contribution is -2.50. The highest BCUT2D eigenvalue weighted by molar-refractivity contribution is 7.98. The molecule has 1 amide bonds. The minimum atomic E-state index is 0.0790. The summed E-state index contributed by atoms with van der Waals surface area (Å²) in [6, 6.07) is 4.29. The Balaban J connectivity index is 1.76. The van der Waals surface area contributed by atoms with Crippen LogP contribution in [-0.2, 0) is 11.2 Å². The van der Waals surface area contributed by atoms with Gasteiger partial charge in [-0.3, -0.25) is 14.7 Å². The zero-order valence-electron chi connectivity index (χ0n) is 15.8. The second-order valence-electron chi connectivity index (χ2n) is 6.35. The maximum Gasteiger partial charge on any atom is 0.233 e. The van der Waals surface area contributed by atoms with Crippen molar-refractivity contribution in [3.05, 3.63) is 24.2 Å². The number of piperidine rings is 1. The fraction of sp³-hybridized carbons (Fsp3) is 0.667. The number of carbonyl (C=O) groups excluding carboxylic acids is 1. The van der Waals surface area contributed by atoms with Crippen molar-refractivity contribution in [3.8, 4) is 0 Å². The monoisotopic (exact) mass is 381 g/mol. The lowest BCUT2D eigenvalue weighted by molar-refractivity contribution is -0.122. The van der Waals surface area contributed by atoms with Crippen LogP contribution >= 0.6 is 11.8 Å². The molecule has 8 heteroatoms. The Labute approximate surface area is 160 Å². The maximum atomic E-state index is 11.5. The summed E-state index contributed by atoms with van der Waals surface area (Å²) >= 11 is 1.80. The zero-order valence-corrected chi connectivity index (χ0v) is 16.6. The Bertz CT molecular complexity index is 542. The SMILES string of the molecule is CNC(=O)CN1CCC(NC(=NCCSC)NCCc2ccco2)CC1. The van der Waals surface area contributed by atoms with Crippen LogP contribution in [0.5, 0.6) is 0 Å². The molecule has 1 fully saturated rings. The molecule has 7 nitrogen and oxygen atoms in total. The first-order chi connectivity index (χ1) is 12.7. The topological polar surface area (TPSA) is 81.9 Å². The van der Waals surface area contributed by atoms with Crippen molar-refractivity contribution in [1.29, 1.82) is 0 Å². The lowest BCUT2D eigenvalue weighted by atomic mass is 10.1. The number of amides is 1. The van der Waals surface area contributed by atoms with E-state index < -0.39 is 0 Å². The van der Waals surface area contributed by atoms with E-state index in [1.54, 1.807) is 25.1 Å². The third-order valence-corrected chi connectivity index (χ3v) is 4.97. The Hall–Kier alpha value is -1.67. The van der Waals surface area contributed by atoms with Crippen molar-refractivity contribution in [2.45, 2.75) is 25.3 Å². The van der Waals surface area contributed by atoms with Gasteiger partial charge in [0, 0.05) is 44.9 Å². The molecule has 1 aliphatic rings. The van der Waals surface area contributed by atoms with E-state index in [0.717, 1.165) is 62.9 Å². The third kappa shape index (κ3) is 7.70. The predicted molar refractivity (Wildman–Crippen MR) is 108 cm³/mol. The van der Waals surface area contributed by atoms with Gasteiger partial charge in [0.2, 0.25) is 5.91 Å². The van der Waals surface area contributed by atoms with Gasteiger partial charge in [0.05, 0.1) is 19.4 Å². The molecule has 1 aromatic rings. The average Bonchev–Trinajstić information content (AvgIpc) is 3.16. The number of likely N-dealkylation sites (N-methyl/N-ethyl adjacent to an activating group) is 1. The van der Waals surface area contributed by atoms with Gasteiger partial charge < -0.3 is 20.4 Å².